The number of aromatic nitrogens is 1. The predicted molar refractivity (Wildman–Crippen MR) is 129 cm³/mol. The average molecular weight is 427 g/mol. The van der Waals surface area contributed by atoms with Gasteiger partial charge in [-0.3, -0.25) is 9.98 Å². The Morgan fingerprint density at radius 3 is 2.69 bits per heavy atom. The first-order chi connectivity index (χ1) is 15.3. The lowest BCUT2D eigenvalue weighted by molar-refractivity contribution is -0.106. The molecule has 0 saturated heterocycles. The molecule has 32 heavy (non-hydrogen) atoms. The van der Waals surface area contributed by atoms with E-state index in [9.17, 15) is 0 Å². The summed E-state index contributed by atoms with van der Waals surface area (Å²) in [4.78, 5) is 14.4. The fourth-order valence-electron chi connectivity index (χ4n) is 6.03. The van der Waals surface area contributed by atoms with Gasteiger partial charge in [-0.05, 0) is 68.7 Å². The monoisotopic (exact) mass is 426 g/mol. The zero-order valence-electron chi connectivity index (χ0n) is 19.3. The predicted octanol–water partition coefficient (Wildman–Crippen LogP) is 4.48. The SMILES string of the molecule is CC#Cc1cncc(-c2ccc3c(c2)C2(N=CC(N)=N2)[C@@]2(CC[C@@](C)(OC)C(C)C2)C3)c1. The van der Waals surface area contributed by atoms with E-state index < -0.39 is 5.66 Å². The molecule has 1 aliphatic heterocycles. The van der Waals surface area contributed by atoms with E-state index in [-0.39, 0.29) is 11.0 Å². The Balaban J connectivity index is 1.62. The molecule has 164 valence electrons. The van der Waals surface area contributed by atoms with E-state index in [1.54, 1.807) is 12.4 Å². The Bertz CT molecular complexity index is 1210. The Kier molecular flexibility index (Phi) is 4.76. The van der Waals surface area contributed by atoms with Crippen molar-refractivity contribution in [1.29, 1.82) is 0 Å². The van der Waals surface area contributed by atoms with Crippen LogP contribution < -0.4 is 5.73 Å². The molecule has 2 spiro atoms. The van der Waals surface area contributed by atoms with Gasteiger partial charge in [0.05, 0.1) is 11.8 Å². The van der Waals surface area contributed by atoms with Crippen LogP contribution in [-0.4, -0.2) is 29.7 Å². The maximum Gasteiger partial charge on any atom is 0.184 e. The zero-order chi connectivity index (χ0) is 22.6. The lowest BCUT2D eigenvalue weighted by atomic mass is 9.59. The number of rotatable bonds is 2. The standard InChI is InChI=1S/C27H30N4O/c1-5-6-19-11-22(16-29-15-19)20-7-8-21-14-26(10-9-25(3,32-4)18(2)13-26)27(23(21)12-20)30-17-24(28)31-27/h7-8,11-12,15-18H,9-10,13-14H2,1-4H3,(H2,28,31)/t18?,25-,26-,27?/m1/s1. The third-order valence-electron chi connectivity index (χ3n) is 8.07. The van der Waals surface area contributed by atoms with Gasteiger partial charge in [0.2, 0.25) is 0 Å². The first-order valence-corrected chi connectivity index (χ1v) is 11.3. The number of methoxy groups -OCH3 is 1. The summed E-state index contributed by atoms with van der Waals surface area (Å²) in [6.07, 6.45) is 9.38. The van der Waals surface area contributed by atoms with E-state index >= 15 is 0 Å². The van der Waals surface area contributed by atoms with Gasteiger partial charge >= 0.3 is 0 Å². The van der Waals surface area contributed by atoms with Gasteiger partial charge in [-0.1, -0.05) is 25.0 Å². The third kappa shape index (κ3) is 2.93. The van der Waals surface area contributed by atoms with E-state index in [1.165, 1.54) is 11.1 Å². The maximum atomic E-state index is 6.20. The molecular weight excluding hydrogens is 396 g/mol. The van der Waals surface area contributed by atoms with Crippen molar-refractivity contribution in [3.8, 4) is 23.0 Å². The van der Waals surface area contributed by atoms with E-state index in [0.29, 0.717) is 11.8 Å². The van der Waals surface area contributed by atoms with Crippen LogP contribution in [0.15, 0.2) is 46.6 Å². The summed E-state index contributed by atoms with van der Waals surface area (Å²) in [5.74, 6) is 6.96. The summed E-state index contributed by atoms with van der Waals surface area (Å²) in [5.41, 5.74) is 10.9. The Morgan fingerprint density at radius 2 is 2.00 bits per heavy atom. The Hall–Kier alpha value is -2.97. The number of hydrogen-bond acceptors (Lipinski definition) is 5. The van der Waals surface area contributed by atoms with Gasteiger partial charge in [0.25, 0.3) is 0 Å². The molecule has 1 aromatic carbocycles. The second-order valence-electron chi connectivity index (χ2n) is 9.76. The first kappa shape index (κ1) is 20.9. The van der Waals surface area contributed by atoms with Crippen LogP contribution >= 0.6 is 0 Å². The molecule has 0 amide bonds. The fourth-order valence-corrected chi connectivity index (χ4v) is 6.03. The number of fused-ring (bicyclic) bond motifs is 3. The summed E-state index contributed by atoms with van der Waals surface area (Å²) in [6.45, 7) is 6.36. The largest absolute Gasteiger partial charge is 0.383 e. The number of benzene rings is 1. The minimum atomic E-state index is -0.653. The number of nitrogens with two attached hydrogens (primary N) is 1. The molecule has 3 aliphatic rings. The highest BCUT2D eigenvalue weighted by molar-refractivity contribution is 6.30. The van der Waals surface area contributed by atoms with Gasteiger partial charge < -0.3 is 10.5 Å². The Morgan fingerprint density at radius 1 is 1.16 bits per heavy atom. The highest BCUT2D eigenvalue weighted by Crippen LogP contribution is 2.63. The van der Waals surface area contributed by atoms with Gasteiger partial charge in [-0.2, -0.15) is 0 Å². The molecule has 2 heterocycles. The normalized spacial score (nSPS) is 32.6. The minimum absolute atomic E-state index is 0.0865. The van der Waals surface area contributed by atoms with Crippen LogP contribution in [0, 0.1) is 23.2 Å². The zero-order valence-corrected chi connectivity index (χ0v) is 19.3. The van der Waals surface area contributed by atoms with Crippen molar-refractivity contribution >= 4 is 12.1 Å². The van der Waals surface area contributed by atoms with Crippen molar-refractivity contribution in [2.24, 2.45) is 27.1 Å². The van der Waals surface area contributed by atoms with Crippen LogP contribution in [0.2, 0.25) is 0 Å². The van der Waals surface area contributed by atoms with Gasteiger partial charge in [0, 0.05) is 41.6 Å². The van der Waals surface area contributed by atoms with Crippen molar-refractivity contribution in [2.45, 2.75) is 57.7 Å². The molecule has 2 aromatic rings. The lowest BCUT2D eigenvalue weighted by Crippen LogP contribution is -2.50. The third-order valence-corrected chi connectivity index (χ3v) is 8.07. The van der Waals surface area contributed by atoms with Crippen LogP contribution in [0.25, 0.3) is 11.1 Å². The topological polar surface area (TPSA) is 72.9 Å². The van der Waals surface area contributed by atoms with Crippen LogP contribution in [0.5, 0.6) is 0 Å². The summed E-state index contributed by atoms with van der Waals surface area (Å²) in [7, 11) is 1.83. The molecule has 1 aromatic heterocycles. The number of aliphatic imine (C=N–C) groups is 2. The molecule has 0 bridgehead atoms. The van der Waals surface area contributed by atoms with Crippen molar-refractivity contribution in [1.82, 2.24) is 4.98 Å². The van der Waals surface area contributed by atoms with E-state index in [2.05, 4.69) is 54.9 Å². The minimum Gasteiger partial charge on any atom is -0.383 e. The quantitative estimate of drug-likeness (QED) is 0.720. The highest BCUT2D eigenvalue weighted by atomic mass is 16.5. The fraction of sp³-hybridized carbons (Fsp3) is 0.444. The summed E-state index contributed by atoms with van der Waals surface area (Å²) in [5, 5.41) is 0. The lowest BCUT2D eigenvalue weighted by Gasteiger charge is -2.51. The van der Waals surface area contributed by atoms with Crippen molar-refractivity contribution in [3.63, 3.8) is 0 Å². The number of hydrogen-bond donors (Lipinski definition) is 1. The van der Waals surface area contributed by atoms with Crippen molar-refractivity contribution < 1.29 is 4.74 Å². The van der Waals surface area contributed by atoms with Crippen LogP contribution in [0.3, 0.4) is 0 Å². The molecule has 1 saturated carbocycles. The van der Waals surface area contributed by atoms with Gasteiger partial charge in [0.15, 0.2) is 5.66 Å². The maximum absolute atomic E-state index is 6.20. The summed E-state index contributed by atoms with van der Waals surface area (Å²) in [6, 6.07) is 8.76. The number of pyridine rings is 1. The number of ether oxygens (including phenoxy) is 1. The molecule has 0 radical (unpaired) electrons. The second kappa shape index (κ2) is 7.28. The van der Waals surface area contributed by atoms with E-state index in [4.69, 9.17) is 20.5 Å². The van der Waals surface area contributed by atoms with Crippen molar-refractivity contribution in [2.75, 3.05) is 7.11 Å². The number of nitrogens with zero attached hydrogens (tertiary/aromatic N) is 3. The molecular formula is C27H30N4O. The average Bonchev–Trinajstić information content (AvgIpc) is 3.30. The highest BCUT2D eigenvalue weighted by Gasteiger charge is 2.62. The van der Waals surface area contributed by atoms with Crippen LogP contribution in [-0.2, 0) is 16.8 Å². The first-order valence-electron chi connectivity index (χ1n) is 11.3. The molecule has 2 aliphatic carbocycles. The molecule has 4 atom stereocenters. The Labute approximate surface area is 190 Å². The molecule has 2 unspecified atom stereocenters. The molecule has 5 heteroatoms. The second-order valence-corrected chi connectivity index (χ2v) is 9.76. The summed E-state index contributed by atoms with van der Waals surface area (Å²) < 4.78 is 5.93. The van der Waals surface area contributed by atoms with E-state index in [0.717, 1.165) is 42.4 Å². The van der Waals surface area contributed by atoms with Crippen LogP contribution in [0.1, 0.15) is 56.7 Å². The van der Waals surface area contributed by atoms with Crippen molar-refractivity contribution in [3.05, 3.63) is 53.3 Å². The van der Waals surface area contributed by atoms with Gasteiger partial charge in [-0.25, -0.2) is 4.99 Å². The summed E-state index contributed by atoms with van der Waals surface area (Å²) >= 11 is 0. The van der Waals surface area contributed by atoms with Gasteiger partial charge in [0.1, 0.15) is 5.84 Å². The van der Waals surface area contributed by atoms with E-state index in [1.807, 2.05) is 20.2 Å². The smallest absolute Gasteiger partial charge is 0.184 e. The molecule has 5 nitrogen and oxygen atoms in total. The van der Waals surface area contributed by atoms with Crippen LogP contribution in [0.4, 0.5) is 0 Å². The van der Waals surface area contributed by atoms with Gasteiger partial charge in [-0.15, -0.1) is 5.92 Å². The molecule has 5 rings (SSSR count). The number of amidine groups is 1. The molecule has 1 fully saturated rings. The molecule has 2 N–H and O–H groups in total.